The molecule has 1 aromatic heterocycles. The quantitative estimate of drug-likeness (QED) is 0.423. The van der Waals surface area contributed by atoms with Gasteiger partial charge in [-0.1, -0.05) is 84.0 Å². The van der Waals surface area contributed by atoms with E-state index in [0.717, 1.165) is 28.1 Å². The molecule has 0 aliphatic carbocycles. The van der Waals surface area contributed by atoms with Crippen molar-refractivity contribution in [2.45, 2.75) is 6.42 Å². The van der Waals surface area contributed by atoms with E-state index in [1.54, 1.807) is 0 Å². The number of anilines is 3. The van der Waals surface area contributed by atoms with Crippen LogP contribution in [0.1, 0.15) is 22.6 Å². The Morgan fingerprint density at radius 2 is 1.26 bits per heavy atom. The van der Waals surface area contributed by atoms with Crippen molar-refractivity contribution in [3.63, 3.8) is 0 Å². The summed E-state index contributed by atoms with van der Waals surface area (Å²) in [5.74, 6) is 0.600. The number of aromatic nitrogens is 2. The summed E-state index contributed by atoms with van der Waals surface area (Å²) in [5.41, 5.74) is 5.40. The fourth-order valence-corrected chi connectivity index (χ4v) is 3.36. The van der Waals surface area contributed by atoms with Gasteiger partial charge >= 0.3 is 6.01 Å². The highest BCUT2D eigenvalue weighted by Gasteiger charge is 2.24. The van der Waals surface area contributed by atoms with Gasteiger partial charge in [0.05, 0.1) is 17.8 Å². The molecule has 4 heteroatoms. The van der Waals surface area contributed by atoms with Gasteiger partial charge < -0.3 is 4.42 Å². The van der Waals surface area contributed by atoms with Gasteiger partial charge in [0.15, 0.2) is 0 Å². The Balaban J connectivity index is 1.59. The molecule has 0 saturated heterocycles. The van der Waals surface area contributed by atoms with Crippen molar-refractivity contribution >= 4 is 29.5 Å². The number of hydrogen-bond donors (Lipinski definition) is 0. The number of nitrogens with zero attached hydrogens (tertiary/aromatic N) is 3. The van der Waals surface area contributed by atoms with Gasteiger partial charge in [0, 0.05) is 0 Å². The summed E-state index contributed by atoms with van der Waals surface area (Å²) in [5, 5.41) is 8.64. The van der Waals surface area contributed by atoms with Crippen LogP contribution in [0.2, 0.25) is 0 Å². The molecule has 0 fully saturated rings. The molecule has 27 heavy (non-hydrogen) atoms. The van der Waals surface area contributed by atoms with Gasteiger partial charge in [0.1, 0.15) is 0 Å². The highest BCUT2D eigenvalue weighted by Crippen LogP contribution is 2.41. The number of fused-ring (bicyclic) bond motifs is 2. The molecule has 0 N–H and O–H groups in total. The summed E-state index contributed by atoms with van der Waals surface area (Å²) in [6.07, 6.45) is 4.86. The van der Waals surface area contributed by atoms with Crippen molar-refractivity contribution in [1.82, 2.24) is 10.2 Å². The van der Waals surface area contributed by atoms with Crippen molar-refractivity contribution < 1.29 is 4.42 Å². The van der Waals surface area contributed by atoms with Crippen LogP contribution in [0.25, 0.3) is 12.2 Å². The monoisotopic (exact) mass is 351 g/mol. The Hall–Kier alpha value is -3.66. The zero-order chi connectivity index (χ0) is 18.1. The molecule has 1 aliphatic heterocycles. The SMILES string of the molecule is C1=Cc2ccccc2N(c2nnc(Cc3ccccc3)o2)c2ccccc21. The first-order valence-electron chi connectivity index (χ1n) is 8.91. The second kappa shape index (κ2) is 6.57. The van der Waals surface area contributed by atoms with E-state index in [4.69, 9.17) is 4.42 Å². The maximum Gasteiger partial charge on any atom is 0.327 e. The number of hydrogen-bond acceptors (Lipinski definition) is 4. The summed E-state index contributed by atoms with van der Waals surface area (Å²) in [6, 6.07) is 27.1. The molecular weight excluding hydrogens is 334 g/mol. The topological polar surface area (TPSA) is 42.2 Å². The normalized spacial score (nSPS) is 12.4. The first-order chi connectivity index (χ1) is 13.4. The molecule has 0 unspecified atom stereocenters. The molecule has 0 amide bonds. The summed E-state index contributed by atoms with van der Waals surface area (Å²) < 4.78 is 6.07. The van der Waals surface area contributed by atoms with Crippen molar-refractivity contribution in [2.24, 2.45) is 0 Å². The predicted molar refractivity (Wildman–Crippen MR) is 107 cm³/mol. The van der Waals surface area contributed by atoms with Crippen LogP contribution in [0.4, 0.5) is 17.4 Å². The highest BCUT2D eigenvalue weighted by molar-refractivity contribution is 5.91. The summed E-state index contributed by atoms with van der Waals surface area (Å²) in [7, 11) is 0. The second-order valence-electron chi connectivity index (χ2n) is 6.43. The fourth-order valence-electron chi connectivity index (χ4n) is 3.36. The van der Waals surface area contributed by atoms with Crippen LogP contribution in [0.3, 0.4) is 0 Å². The first-order valence-corrected chi connectivity index (χ1v) is 8.91. The molecule has 0 spiro atoms. The average Bonchev–Trinajstić information content (AvgIpc) is 3.10. The van der Waals surface area contributed by atoms with E-state index in [1.807, 2.05) is 47.4 Å². The molecule has 4 nitrogen and oxygen atoms in total. The van der Waals surface area contributed by atoms with Crippen molar-refractivity contribution in [3.05, 3.63) is 101 Å². The third-order valence-corrected chi connectivity index (χ3v) is 4.64. The minimum atomic E-state index is 0.476. The molecule has 0 bridgehead atoms. The lowest BCUT2D eigenvalue weighted by Crippen LogP contribution is -2.12. The molecule has 0 saturated carbocycles. The molecular formula is C23H17N3O. The zero-order valence-electron chi connectivity index (χ0n) is 14.6. The van der Waals surface area contributed by atoms with E-state index in [9.17, 15) is 0 Å². The Morgan fingerprint density at radius 1 is 0.667 bits per heavy atom. The molecule has 0 atom stereocenters. The summed E-state index contributed by atoms with van der Waals surface area (Å²) >= 11 is 0. The average molecular weight is 351 g/mol. The summed E-state index contributed by atoms with van der Waals surface area (Å²) in [6.45, 7) is 0. The largest absolute Gasteiger partial charge is 0.407 e. The lowest BCUT2D eigenvalue weighted by atomic mass is 10.1. The maximum absolute atomic E-state index is 6.07. The molecule has 130 valence electrons. The highest BCUT2D eigenvalue weighted by atomic mass is 16.4. The van der Waals surface area contributed by atoms with Crippen LogP contribution in [-0.4, -0.2) is 10.2 Å². The lowest BCUT2D eigenvalue weighted by Gasteiger charge is -2.22. The minimum Gasteiger partial charge on any atom is -0.407 e. The van der Waals surface area contributed by atoms with Gasteiger partial charge in [-0.15, -0.1) is 5.10 Å². The summed E-state index contributed by atoms with van der Waals surface area (Å²) in [4.78, 5) is 2.03. The van der Waals surface area contributed by atoms with Crippen molar-refractivity contribution in [3.8, 4) is 0 Å². The van der Waals surface area contributed by atoms with Crippen LogP contribution in [-0.2, 0) is 6.42 Å². The van der Waals surface area contributed by atoms with E-state index in [0.29, 0.717) is 18.3 Å². The number of benzene rings is 3. The van der Waals surface area contributed by atoms with E-state index in [-0.39, 0.29) is 0 Å². The minimum absolute atomic E-state index is 0.476. The van der Waals surface area contributed by atoms with E-state index < -0.39 is 0 Å². The molecule has 0 radical (unpaired) electrons. The van der Waals surface area contributed by atoms with Gasteiger partial charge in [-0.25, -0.2) is 0 Å². The van der Waals surface area contributed by atoms with Gasteiger partial charge in [-0.3, -0.25) is 4.90 Å². The smallest absolute Gasteiger partial charge is 0.327 e. The van der Waals surface area contributed by atoms with Crippen LogP contribution >= 0.6 is 0 Å². The Kier molecular flexibility index (Phi) is 3.79. The molecule has 3 aromatic carbocycles. The molecule has 5 rings (SSSR count). The maximum atomic E-state index is 6.07. The predicted octanol–water partition coefficient (Wildman–Crippen LogP) is 5.61. The van der Waals surface area contributed by atoms with Crippen LogP contribution in [0.5, 0.6) is 0 Å². The first kappa shape index (κ1) is 15.6. The second-order valence-corrected chi connectivity index (χ2v) is 6.43. The third-order valence-electron chi connectivity index (χ3n) is 4.64. The van der Waals surface area contributed by atoms with E-state index in [2.05, 4.69) is 58.7 Å². The van der Waals surface area contributed by atoms with Crippen molar-refractivity contribution in [1.29, 1.82) is 0 Å². The number of rotatable bonds is 3. The molecule has 2 heterocycles. The van der Waals surface area contributed by atoms with E-state index in [1.165, 1.54) is 0 Å². The third kappa shape index (κ3) is 2.91. The standard InChI is InChI=1S/C23H17N3O/c1-2-8-17(9-3-1)16-22-24-25-23(27-22)26-20-12-6-4-10-18(20)14-15-19-11-5-7-13-21(19)26/h1-15H,16H2. The van der Waals surface area contributed by atoms with Gasteiger partial charge in [-0.05, 0) is 28.8 Å². The van der Waals surface area contributed by atoms with Gasteiger partial charge in [0.25, 0.3) is 0 Å². The van der Waals surface area contributed by atoms with Gasteiger partial charge in [0.2, 0.25) is 5.89 Å². The fraction of sp³-hybridized carbons (Fsp3) is 0.0435. The zero-order valence-corrected chi connectivity index (χ0v) is 14.6. The van der Waals surface area contributed by atoms with Crippen LogP contribution in [0.15, 0.2) is 83.3 Å². The van der Waals surface area contributed by atoms with Gasteiger partial charge in [-0.2, -0.15) is 0 Å². The molecule has 4 aromatic rings. The van der Waals surface area contributed by atoms with Crippen LogP contribution in [0, 0.1) is 0 Å². The molecule has 1 aliphatic rings. The Labute approximate surface area is 157 Å². The Morgan fingerprint density at radius 3 is 1.93 bits per heavy atom. The van der Waals surface area contributed by atoms with E-state index >= 15 is 0 Å². The van der Waals surface area contributed by atoms with Crippen molar-refractivity contribution in [2.75, 3.05) is 4.90 Å². The number of para-hydroxylation sites is 2. The Bertz CT molecular complexity index is 1070. The lowest BCUT2D eigenvalue weighted by molar-refractivity contribution is 0.512. The van der Waals surface area contributed by atoms with Crippen LogP contribution < -0.4 is 4.90 Å².